The normalized spacial score (nSPS) is 24.3. The first-order valence-corrected chi connectivity index (χ1v) is 7.39. The summed E-state index contributed by atoms with van der Waals surface area (Å²) in [6, 6.07) is 3.55. The molecular formula is C16H18ClN3O. The summed E-state index contributed by atoms with van der Waals surface area (Å²) in [5.41, 5.74) is 7.49. The summed E-state index contributed by atoms with van der Waals surface area (Å²) >= 11 is 6.51. The summed E-state index contributed by atoms with van der Waals surface area (Å²) in [6.45, 7) is 4.31. The van der Waals surface area contributed by atoms with Crippen molar-refractivity contribution in [2.45, 2.75) is 31.6 Å². The molecule has 2 unspecified atom stereocenters. The molecule has 0 bridgehead atoms. The lowest BCUT2D eigenvalue weighted by Gasteiger charge is -2.39. The smallest absolute Gasteiger partial charge is 0.138 e. The SMILES string of the molecule is CC1(C)C(Cl)CC=CC1c1ccc(O)c2c(N)ncnc12. The van der Waals surface area contributed by atoms with Gasteiger partial charge in [-0.05, 0) is 23.5 Å². The summed E-state index contributed by atoms with van der Waals surface area (Å²) in [7, 11) is 0. The van der Waals surface area contributed by atoms with Crippen molar-refractivity contribution in [1.82, 2.24) is 9.97 Å². The number of fused-ring (bicyclic) bond motifs is 1. The van der Waals surface area contributed by atoms with Gasteiger partial charge in [0.2, 0.25) is 0 Å². The second-order valence-corrected chi connectivity index (χ2v) is 6.61. The number of halogens is 1. The Morgan fingerprint density at radius 3 is 2.86 bits per heavy atom. The Morgan fingerprint density at radius 1 is 1.33 bits per heavy atom. The third-order valence-electron chi connectivity index (χ3n) is 4.44. The molecule has 21 heavy (non-hydrogen) atoms. The number of anilines is 1. The highest BCUT2D eigenvalue weighted by molar-refractivity contribution is 6.21. The first kappa shape index (κ1) is 14.1. The molecular weight excluding hydrogens is 286 g/mol. The van der Waals surface area contributed by atoms with Crippen LogP contribution in [0.4, 0.5) is 5.82 Å². The number of nitrogen functional groups attached to an aromatic ring is 1. The molecule has 0 fully saturated rings. The van der Waals surface area contributed by atoms with Gasteiger partial charge in [0.15, 0.2) is 0 Å². The number of nitrogens with two attached hydrogens (primary N) is 1. The third kappa shape index (κ3) is 2.14. The van der Waals surface area contributed by atoms with E-state index < -0.39 is 0 Å². The van der Waals surface area contributed by atoms with E-state index in [1.165, 1.54) is 6.33 Å². The van der Waals surface area contributed by atoms with E-state index in [1.807, 2.05) is 6.07 Å². The molecule has 1 heterocycles. The molecule has 1 aliphatic carbocycles. The van der Waals surface area contributed by atoms with E-state index in [0.717, 1.165) is 12.0 Å². The monoisotopic (exact) mass is 303 g/mol. The maximum absolute atomic E-state index is 10.1. The fourth-order valence-corrected chi connectivity index (χ4v) is 3.28. The van der Waals surface area contributed by atoms with Crippen LogP contribution in [-0.2, 0) is 0 Å². The minimum Gasteiger partial charge on any atom is -0.507 e. The van der Waals surface area contributed by atoms with E-state index in [4.69, 9.17) is 17.3 Å². The van der Waals surface area contributed by atoms with Crippen LogP contribution in [0, 0.1) is 5.41 Å². The van der Waals surface area contributed by atoms with Crippen LogP contribution in [0.3, 0.4) is 0 Å². The zero-order valence-corrected chi connectivity index (χ0v) is 12.8. The summed E-state index contributed by atoms with van der Waals surface area (Å²) in [5.74, 6) is 0.511. The summed E-state index contributed by atoms with van der Waals surface area (Å²) < 4.78 is 0. The number of aromatic hydroxyl groups is 1. The third-order valence-corrected chi connectivity index (χ3v) is 5.18. The molecule has 5 heteroatoms. The summed E-state index contributed by atoms with van der Waals surface area (Å²) in [5, 5.41) is 10.6. The molecule has 3 N–H and O–H groups in total. The standard InChI is InChI=1S/C16H18ClN3O/c1-16(2)10(4-3-5-12(16)17)9-6-7-11(21)13-14(9)19-8-20-15(13)18/h3-4,6-8,10,12,21H,5H2,1-2H3,(H2,18,19,20). The van der Waals surface area contributed by atoms with Crippen LogP contribution in [0.25, 0.3) is 10.9 Å². The van der Waals surface area contributed by atoms with Crippen LogP contribution in [-0.4, -0.2) is 20.5 Å². The van der Waals surface area contributed by atoms with Crippen LogP contribution in [0.2, 0.25) is 0 Å². The van der Waals surface area contributed by atoms with Crippen LogP contribution in [0.1, 0.15) is 31.7 Å². The van der Waals surface area contributed by atoms with Crippen molar-refractivity contribution in [2.75, 3.05) is 5.73 Å². The fraction of sp³-hybridized carbons (Fsp3) is 0.375. The molecule has 0 saturated heterocycles. The number of hydrogen-bond acceptors (Lipinski definition) is 4. The van der Waals surface area contributed by atoms with Gasteiger partial charge in [0.25, 0.3) is 0 Å². The van der Waals surface area contributed by atoms with E-state index in [2.05, 4.69) is 36.0 Å². The Labute approximate surface area is 128 Å². The Bertz CT molecular complexity index is 719. The topological polar surface area (TPSA) is 72.0 Å². The lowest BCUT2D eigenvalue weighted by molar-refractivity contribution is 0.296. The largest absolute Gasteiger partial charge is 0.507 e. The van der Waals surface area contributed by atoms with Gasteiger partial charge >= 0.3 is 0 Å². The summed E-state index contributed by atoms with van der Waals surface area (Å²) in [4.78, 5) is 8.31. The Morgan fingerprint density at radius 2 is 2.10 bits per heavy atom. The minimum absolute atomic E-state index is 0.0514. The van der Waals surface area contributed by atoms with Crippen molar-refractivity contribution in [1.29, 1.82) is 0 Å². The molecule has 0 spiro atoms. The first-order valence-electron chi connectivity index (χ1n) is 6.95. The number of allylic oxidation sites excluding steroid dienone is 2. The average Bonchev–Trinajstić information content (AvgIpc) is 2.43. The molecule has 0 amide bonds. The molecule has 0 aliphatic heterocycles. The number of aromatic nitrogens is 2. The number of benzene rings is 1. The quantitative estimate of drug-likeness (QED) is 0.624. The van der Waals surface area contributed by atoms with Crippen LogP contribution >= 0.6 is 11.6 Å². The van der Waals surface area contributed by atoms with Crippen molar-refractivity contribution in [3.05, 3.63) is 36.2 Å². The molecule has 110 valence electrons. The number of rotatable bonds is 1. The van der Waals surface area contributed by atoms with Gasteiger partial charge in [0.05, 0.1) is 10.9 Å². The van der Waals surface area contributed by atoms with E-state index in [9.17, 15) is 5.11 Å². The molecule has 0 radical (unpaired) electrons. The zero-order valence-electron chi connectivity index (χ0n) is 12.0. The average molecular weight is 304 g/mol. The number of phenols is 1. The first-order chi connectivity index (χ1) is 9.93. The predicted molar refractivity (Wildman–Crippen MR) is 85.5 cm³/mol. The summed E-state index contributed by atoms with van der Waals surface area (Å²) in [6.07, 6.45) is 6.57. The number of alkyl halides is 1. The van der Waals surface area contributed by atoms with Crippen LogP contribution in [0.5, 0.6) is 5.75 Å². The number of hydrogen-bond donors (Lipinski definition) is 2. The number of phenolic OH excluding ortho intramolecular Hbond substituents is 1. The van der Waals surface area contributed by atoms with Crippen LogP contribution in [0.15, 0.2) is 30.6 Å². The maximum Gasteiger partial charge on any atom is 0.138 e. The van der Waals surface area contributed by atoms with E-state index >= 15 is 0 Å². The van der Waals surface area contributed by atoms with Gasteiger partial charge < -0.3 is 10.8 Å². The van der Waals surface area contributed by atoms with Gasteiger partial charge in [-0.3, -0.25) is 0 Å². The van der Waals surface area contributed by atoms with Crippen molar-refractivity contribution < 1.29 is 5.11 Å². The highest BCUT2D eigenvalue weighted by atomic mass is 35.5. The van der Waals surface area contributed by atoms with Gasteiger partial charge in [-0.15, -0.1) is 11.6 Å². The van der Waals surface area contributed by atoms with Crippen molar-refractivity contribution in [3.8, 4) is 5.75 Å². The molecule has 1 aromatic heterocycles. The van der Waals surface area contributed by atoms with Crippen LogP contribution < -0.4 is 5.73 Å². The lowest BCUT2D eigenvalue weighted by atomic mass is 9.68. The highest BCUT2D eigenvalue weighted by Crippen LogP contribution is 2.48. The Hall–Kier alpha value is -1.81. The molecule has 4 nitrogen and oxygen atoms in total. The molecule has 3 rings (SSSR count). The lowest BCUT2D eigenvalue weighted by Crippen LogP contribution is -2.33. The van der Waals surface area contributed by atoms with E-state index in [0.29, 0.717) is 16.7 Å². The van der Waals surface area contributed by atoms with Crippen molar-refractivity contribution in [2.24, 2.45) is 5.41 Å². The zero-order chi connectivity index (χ0) is 15.2. The molecule has 2 aromatic rings. The van der Waals surface area contributed by atoms with Gasteiger partial charge in [0.1, 0.15) is 17.9 Å². The molecule has 1 aliphatic rings. The van der Waals surface area contributed by atoms with Gasteiger partial charge in [-0.25, -0.2) is 9.97 Å². The maximum atomic E-state index is 10.1. The minimum atomic E-state index is -0.111. The van der Waals surface area contributed by atoms with E-state index in [-0.39, 0.29) is 22.5 Å². The molecule has 0 saturated carbocycles. The van der Waals surface area contributed by atoms with E-state index in [1.54, 1.807) is 6.07 Å². The predicted octanol–water partition coefficient (Wildman–Crippen LogP) is 3.59. The van der Waals surface area contributed by atoms with Gasteiger partial charge in [-0.2, -0.15) is 0 Å². The Kier molecular flexibility index (Phi) is 3.29. The van der Waals surface area contributed by atoms with Gasteiger partial charge in [-0.1, -0.05) is 32.1 Å². The van der Waals surface area contributed by atoms with Crippen molar-refractivity contribution >= 4 is 28.3 Å². The number of nitrogens with zero attached hydrogens (tertiary/aromatic N) is 2. The molecule has 2 atom stereocenters. The fourth-order valence-electron chi connectivity index (χ4n) is 3.04. The Balaban J connectivity index is 2.27. The molecule has 1 aromatic carbocycles. The van der Waals surface area contributed by atoms with Crippen molar-refractivity contribution in [3.63, 3.8) is 0 Å². The van der Waals surface area contributed by atoms with Gasteiger partial charge in [0, 0.05) is 11.3 Å². The highest BCUT2D eigenvalue weighted by Gasteiger charge is 2.38. The second kappa shape index (κ2) is 4.88. The second-order valence-electron chi connectivity index (χ2n) is 6.09.